The molecule has 25 heavy (non-hydrogen) atoms. The molecular weight excluding hydrogens is 316 g/mol. The molecule has 0 spiro atoms. The van der Waals surface area contributed by atoms with Crippen molar-refractivity contribution in [2.75, 3.05) is 26.7 Å². The van der Waals surface area contributed by atoms with Gasteiger partial charge in [-0.3, -0.25) is 9.59 Å². The molecule has 0 saturated carbocycles. The first-order chi connectivity index (χ1) is 11.7. The molecule has 1 amide bonds. The van der Waals surface area contributed by atoms with Gasteiger partial charge in [0.25, 0.3) is 5.56 Å². The molecule has 0 aromatic carbocycles. The molecule has 1 atom stereocenters. The van der Waals surface area contributed by atoms with Gasteiger partial charge in [0, 0.05) is 56.5 Å². The molecule has 6 nitrogen and oxygen atoms in total. The van der Waals surface area contributed by atoms with Crippen molar-refractivity contribution in [1.82, 2.24) is 19.6 Å². The fourth-order valence-corrected chi connectivity index (χ4v) is 3.74. The second kappa shape index (κ2) is 6.90. The molecular formula is C19H30N4O2. The normalized spacial score (nSPS) is 23.0. The Balaban J connectivity index is 1.54. The number of likely N-dealkylation sites (N-methyl/N-ethyl adjacent to an activating group) is 1. The van der Waals surface area contributed by atoms with E-state index in [-0.39, 0.29) is 16.9 Å². The van der Waals surface area contributed by atoms with Crippen molar-refractivity contribution in [2.24, 2.45) is 5.92 Å². The predicted molar refractivity (Wildman–Crippen MR) is 97.5 cm³/mol. The fourth-order valence-electron chi connectivity index (χ4n) is 3.74. The molecule has 6 heteroatoms. The van der Waals surface area contributed by atoms with E-state index in [2.05, 4.69) is 30.8 Å². The monoisotopic (exact) mass is 346 g/mol. The van der Waals surface area contributed by atoms with Gasteiger partial charge in [-0.1, -0.05) is 20.8 Å². The maximum Gasteiger partial charge on any atom is 0.266 e. The van der Waals surface area contributed by atoms with Gasteiger partial charge in [-0.15, -0.1) is 0 Å². The van der Waals surface area contributed by atoms with Crippen LogP contribution in [0.15, 0.2) is 16.9 Å². The molecule has 2 saturated heterocycles. The molecule has 3 heterocycles. The van der Waals surface area contributed by atoms with Crippen molar-refractivity contribution in [2.45, 2.75) is 58.0 Å². The summed E-state index contributed by atoms with van der Waals surface area (Å²) in [5.41, 5.74) is 0.869. The number of hydrogen-bond acceptors (Lipinski definition) is 4. The Kier molecular flexibility index (Phi) is 5.00. The summed E-state index contributed by atoms with van der Waals surface area (Å²) < 4.78 is 1.62. The van der Waals surface area contributed by atoms with Gasteiger partial charge in [-0.05, 0) is 18.9 Å². The molecule has 0 bridgehead atoms. The number of rotatable bonds is 4. The molecule has 2 aliphatic heterocycles. The van der Waals surface area contributed by atoms with Crippen LogP contribution in [0.4, 0.5) is 0 Å². The highest BCUT2D eigenvalue weighted by Gasteiger charge is 2.33. The lowest BCUT2D eigenvalue weighted by Gasteiger charge is -2.44. The van der Waals surface area contributed by atoms with Crippen LogP contribution in [-0.2, 0) is 16.8 Å². The summed E-state index contributed by atoms with van der Waals surface area (Å²) in [7, 11) is 1.92. The van der Waals surface area contributed by atoms with Crippen molar-refractivity contribution in [1.29, 1.82) is 0 Å². The number of amides is 1. The van der Waals surface area contributed by atoms with E-state index in [4.69, 9.17) is 0 Å². The van der Waals surface area contributed by atoms with Crippen molar-refractivity contribution in [3.8, 4) is 0 Å². The topological polar surface area (TPSA) is 58.4 Å². The van der Waals surface area contributed by atoms with E-state index < -0.39 is 0 Å². The third-order valence-corrected chi connectivity index (χ3v) is 5.44. The van der Waals surface area contributed by atoms with Gasteiger partial charge < -0.3 is 9.80 Å². The lowest BCUT2D eigenvalue weighted by atomic mass is 9.92. The molecule has 0 radical (unpaired) electrons. The summed E-state index contributed by atoms with van der Waals surface area (Å²) in [5.74, 6) is 0.730. The average molecular weight is 346 g/mol. The minimum atomic E-state index is -0.0563. The molecule has 2 aliphatic rings. The first kappa shape index (κ1) is 18.1. The van der Waals surface area contributed by atoms with Gasteiger partial charge in [0.2, 0.25) is 5.91 Å². The van der Waals surface area contributed by atoms with Gasteiger partial charge in [0.15, 0.2) is 0 Å². The maximum atomic E-state index is 12.1. The van der Waals surface area contributed by atoms with Crippen molar-refractivity contribution < 1.29 is 4.79 Å². The van der Waals surface area contributed by atoms with Gasteiger partial charge >= 0.3 is 0 Å². The van der Waals surface area contributed by atoms with Crippen LogP contribution in [0.25, 0.3) is 0 Å². The Labute approximate surface area is 149 Å². The van der Waals surface area contributed by atoms with E-state index >= 15 is 0 Å². The third kappa shape index (κ3) is 4.11. The lowest BCUT2D eigenvalue weighted by molar-refractivity contribution is -0.135. The van der Waals surface area contributed by atoms with Gasteiger partial charge in [-0.2, -0.15) is 5.10 Å². The molecule has 0 N–H and O–H groups in total. The first-order valence-electron chi connectivity index (χ1n) is 9.30. The Morgan fingerprint density at radius 2 is 1.88 bits per heavy atom. The summed E-state index contributed by atoms with van der Waals surface area (Å²) in [6.45, 7) is 9.91. The Morgan fingerprint density at radius 3 is 2.56 bits per heavy atom. The van der Waals surface area contributed by atoms with E-state index in [9.17, 15) is 9.59 Å². The van der Waals surface area contributed by atoms with E-state index in [0.29, 0.717) is 24.9 Å². The van der Waals surface area contributed by atoms with E-state index in [1.54, 1.807) is 10.7 Å². The van der Waals surface area contributed by atoms with E-state index in [1.165, 1.54) is 0 Å². The number of aromatic nitrogens is 2. The van der Waals surface area contributed by atoms with Crippen LogP contribution in [0.5, 0.6) is 0 Å². The zero-order chi connectivity index (χ0) is 18.2. The number of piperidine rings is 1. The number of nitrogens with zero attached hydrogens (tertiary/aromatic N) is 4. The summed E-state index contributed by atoms with van der Waals surface area (Å²) in [6, 6.07) is 3.81. The lowest BCUT2D eigenvalue weighted by Crippen LogP contribution is -2.55. The van der Waals surface area contributed by atoms with Crippen LogP contribution in [0, 0.1) is 5.92 Å². The highest BCUT2D eigenvalue weighted by atomic mass is 16.2. The van der Waals surface area contributed by atoms with Crippen LogP contribution in [0.2, 0.25) is 0 Å². The van der Waals surface area contributed by atoms with Crippen molar-refractivity contribution >= 4 is 5.91 Å². The molecule has 1 unspecified atom stereocenters. The zero-order valence-electron chi connectivity index (χ0n) is 15.9. The van der Waals surface area contributed by atoms with Crippen LogP contribution in [0.3, 0.4) is 0 Å². The minimum absolute atomic E-state index is 0.0240. The van der Waals surface area contributed by atoms with Gasteiger partial charge in [0.1, 0.15) is 0 Å². The quantitative estimate of drug-likeness (QED) is 0.829. The maximum absolute atomic E-state index is 12.1. The summed E-state index contributed by atoms with van der Waals surface area (Å²) in [5, 5.41) is 4.56. The van der Waals surface area contributed by atoms with E-state index in [1.807, 2.05) is 18.0 Å². The number of carbonyl (C=O) groups excluding carboxylic acids is 1. The smallest absolute Gasteiger partial charge is 0.266 e. The Bertz CT molecular complexity index is 685. The summed E-state index contributed by atoms with van der Waals surface area (Å²) in [4.78, 5) is 28.2. The van der Waals surface area contributed by atoms with Crippen molar-refractivity contribution in [3.05, 3.63) is 28.2 Å². The summed E-state index contributed by atoms with van der Waals surface area (Å²) in [6.07, 6.45) is 2.79. The Hall–Kier alpha value is -1.69. The zero-order valence-corrected chi connectivity index (χ0v) is 15.9. The predicted octanol–water partition coefficient (Wildman–Crippen LogP) is 1.48. The molecule has 1 aromatic rings. The number of carbonyl (C=O) groups is 1. The highest BCUT2D eigenvalue weighted by molar-refractivity contribution is 5.76. The van der Waals surface area contributed by atoms with Crippen molar-refractivity contribution in [3.63, 3.8) is 0 Å². The molecule has 3 rings (SSSR count). The molecule has 2 fully saturated rings. The molecule has 0 aliphatic carbocycles. The molecule has 138 valence electrons. The minimum Gasteiger partial charge on any atom is -0.341 e. The van der Waals surface area contributed by atoms with Crippen LogP contribution >= 0.6 is 0 Å². The largest absolute Gasteiger partial charge is 0.341 e. The van der Waals surface area contributed by atoms with Crippen LogP contribution in [-0.4, -0.2) is 58.2 Å². The van der Waals surface area contributed by atoms with E-state index in [0.717, 1.165) is 38.2 Å². The van der Waals surface area contributed by atoms with Crippen LogP contribution in [0.1, 0.15) is 45.7 Å². The SMILES string of the molecule is CN1C(=O)CCCC1CN1CC(Cn2nc(C(C)(C)C)ccc2=O)C1. The third-order valence-electron chi connectivity index (χ3n) is 5.44. The summed E-state index contributed by atoms with van der Waals surface area (Å²) >= 11 is 0. The van der Waals surface area contributed by atoms with Gasteiger partial charge in [-0.25, -0.2) is 4.68 Å². The number of hydrogen-bond donors (Lipinski definition) is 0. The first-order valence-corrected chi connectivity index (χ1v) is 9.30. The second-order valence-corrected chi connectivity index (χ2v) is 8.62. The van der Waals surface area contributed by atoms with Crippen LogP contribution < -0.4 is 5.56 Å². The fraction of sp³-hybridized carbons (Fsp3) is 0.737. The second-order valence-electron chi connectivity index (χ2n) is 8.62. The highest BCUT2D eigenvalue weighted by Crippen LogP contribution is 2.23. The molecule has 1 aromatic heterocycles. The number of likely N-dealkylation sites (tertiary alicyclic amines) is 2. The standard InChI is InChI=1S/C19H30N4O2/c1-19(2,3)16-8-9-18(25)23(20-16)12-14-10-22(11-14)13-15-6-5-7-17(24)21(15)4/h8-9,14-15H,5-7,10-13H2,1-4H3. The average Bonchev–Trinajstić information content (AvgIpc) is 2.50. The Morgan fingerprint density at radius 1 is 1.16 bits per heavy atom. The van der Waals surface area contributed by atoms with Gasteiger partial charge in [0.05, 0.1) is 12.2 Å².